The summed E-state index contributed by atoms with van der Waals surface area (Å²) in [7, 11) is 1.55. The summed E-state index contributed by atoms with van der Waals surface area (Å²) >= 11 is 0. The van der Waals surface area contributed by atoms with Crippen molar-refractivity contribution in [2.45, 2.75) is 20.0 Å². The summed E-state index contributed by atoms with van der Waals surface area (Å²) < 4.78 is 28.9. The van der Waals surface area contributed by atoms with Crippen LogP contribution in [0.4, 0.5) is 10.1 Å². The van der Waals surface area contributed by atoms with Gasteiger partial charge in [0.25, 0.3) is 5.91 Å². The van der Waals surface area contributed by atoms with Crippen molar-refractivity contribution < 1.29 is 27.9 Å². The lowest BCUT2D eigenvalue weighted by Gasteiger charge is -2.13. The third kappa shape index (κ3) is 3.92. The predicted octanol–water partition coefficient (Wildman–Crippen LogP) is 4.07. The Morgan fingerprint density at radius 3 is 2.52 bits per heavy atom. The molecule has 0 aliphatic rings. The SMILES string of the molecule is COc1ccc2oc(C(=O)O[C@@H](C)C(=O)Nc3ccc(F)cc3)c(C)c2c1. The van der Waals surface area contributed by atoms with Gasteiger partial charge in [-0.2, -0.15) is 0 Å². The standard InChI is InChI=1S/C20H18FNO5/c1-11-16-10-15(25-3)8-9-17(16)27-18(11)20(24)26-12(2)19(23)22-14-6-4-13(21)5-7-14/h4-10,12H,1-3H3,(H,22,23)/t12-/m0/s1. The number of amides is 1. The van der Waals surface area contributed by atoms with Crippen LogP contribution in [0, 0.1) is 12.7 Å². The van der Waals surface area contributed by atoms with Gasteiger partial charge in [-0.25, -0.2) is 9.18 Å². The highest BCUT2D eigenvalue weighted by atomic mass is 19.1. The molecule has 1 heterocycles. The first-order valence-corrected chi connectivity index (χ1v) is 8.23. The van der Waals surface area contributed by atoms with Crippen LogP contribution in [-0.2, 0) is 9.53 Å². The van der Waals surface area contributed by atoms with E-state index < -0.39 is 23.8 Å². The van der Waals surface area contributed by atoms with Crippen molar-refractivity contribution in [2.75, 3.05) is 12.4 Å². The van der Waals surface area contributed by atoms with Crippen LogP contribution in [-0.4, -0.2) is 25.1 Å². The molecule has 0 bridgehead atoms. The fourth-order valence-electron chi connectivity index (χ4n) is 2.57. The molecule has 0 fully saturated rings. The van der Waals surface area contributed by atoms with Gasteiger partial charge in [-0.15, -0.1) is 0 Å². The number of methoxy groups -OCH3 is 1. The fraction of sp³-hybridized carbons (Fsp3) is 0.200. The molecule has 6 nitrogen and oxygen atoms in total. The van der Waals surface area contributed by atoms with Crippen LogP contribution in [0.1, 0.15) is 23.0 Å². The molecule has 0 unspecified atom stereocenters. The second-order valence-corrected chi connectivity index (χ2v) is 5.96. The topological polar surface area (TPSA) is 77.8 Å². The number of nitrogens with one attached hydrogen (secondary N) is 1. The van der Waals surface area contributed by atoms with Crippen molar-refractivity contribution in [3.05, 3.63) is 59.6 Å². The van der Waals surface area contributed by atoms with E-state index in [0.29, 0.717) is 22.6 Å². The average Bonchev–Trinajstić information content (AvgIpc) is 2.99. The van der Waals surface area contributed by atoms with Crippen molar-refractivity contribution >= 4 is 28.5 Å². The minimum atomic E-state index is -1.07. The summed E-state index contributed by atoms with van der Waals surface area (Å²) in [4.78, 5) is 24.6. The highest BCUT2D eigenvalue weighted by Gasteiger charge is 2.24. The highest BCUT2D eigenvalue weighted by Crippen LogP contribution is 2.29. The first-order valence-electron chi connectivity index (χ1n) is 8.23. The Morgan fingerprint density at radius 2 is 1.85 bits per heavy atom. The second-order valence-electron chi connectivity index (χ2n) is 5.96. The summed E-state index contributed by atoms with van der Waals surface area (Å²) in [5.74, 6) is -1.03. The molecule has 3 rings (SSSR count). The average molecular weight is 371 g/mol. The molecule has 1 atom stereocenters. The first kappa shape index (κ1) is 18.4. The lowest BCUT2D eigenvalue weighted by atomic mass is 10.1. The molecule has 0 saturated heterocycles. The number of fused-ring (bicyclic) bond motifs is 1. The van der Waals surface area contributed by atoms with Crippen LogP contribution in [0.15, 0.2) is 46.9 Å². The van der Waals surface area contributed by atoms with E-state index in [2.05, 4.69) is 5.32 Å². The minimum absolute atomic E-state index is 0.0275. The van der Waals surface area contributed by atoms with Gasteiger partial charge < -0.3 is 19.2 Å². The highest BCUT2D eigenvalue weighted by molar-refractivity contribution is 5.99. The molecule has 0 saturated carbocycles. The molecule has 0 aliphatic heterocycles. The monoisotopic (exact) mass is 371 g/mol. The van der Waals surface area contributed by atoms with Crippen molar-refractivity contribution in [3.8, 4) is 5.75 Å². The quantitative estimate of drug-likeness (QED) is 0.684. The molecule has 1 N–H and O–H groups in total. The van der Waals surface area contributed by atoms with Crippen molar-refractivity contribution in [1.82, 2.24) is 0 Å². The molecule has 0 spiro atoms. The van der Waals surface area contributed by atoms with E-state index in [1.54, 1.807) is 32.2 Å². The number of aryl methyl sites for hydroxylation is 1. The summed E-state index contributed by atoms with van der Waals surface area (Å²) in [6.07, 6.45) is -1.07. The molecular weight excluding hydrogens is 353 g/mol. The Kier molecular flexibility index (Phi) is 5.12. The first-order chi connectivity index (χ1) is 12.9. The Labute approximate surface area is 154 Å². The summed E-state index contributed by atoms with van der Waals surface area (Å²) in [6.45, 7) is 3.17. The predicted molar refractivity (Wildman–Crippen MR) is 97.4 cm³/mol. The number of esters is 1. The van der Waals surface area contributed by atoms with E-state index in [9.17, 15) is 14.0 Å². The summed E-state index contributed by atoms with van der Waals surface area (Å²) in [5.41, 5.74) is 1.51. The zero-order chi connectivity index (χ0) is 19.6. The van der Waals surface area contributed by atoms with Gasteiger partial charge in [0.1, 0.15) is 17.1 Å². The fourth-order valence-corrected chi connectivity index (χ4v) is 2.57. The molecule has 0 aliphatic carbocycles. The molecular formula is C20H18FNO5. The number of anilines is 1. The molecule has 27 heavy (non-hydrogen) atoms. The third-order valence-corrected chi connectivity index (χ3v) is 4.09. The molecule has 1 aromatic heterocycles. The normalized spacial score (nSPS) is 11.9. The van der Waals surface area contributed by atoms with Gasteiger partial charge in [-0.1, -0.05) is 0 Å². The maximum absolute atomic E-state index is 12.9. The molecule has 1 amide bonds. The molecule has 7 heteroatoms. The van der Waals surface area contributed by atoms with Crippen molar-refractivity contribution in [1.29, 1.82) is 0 Å². The Bertz CT molecular complexity index is 994. The van der Waals surface area contributed by atoms with Crippen LogP contribution in [0.3, 0.4) is 0 Å². The Morgan fingerprint density at radius 1 is 1.15 bits per heavy atom. The van der Waals surface area contributed by atoms with Crippen LogP contribution < -0.4 is 10.1 Å². The number of hydrogen-bond acceptors (Lipinski definition) is 5. The third-order valence-electron chi connectivity index (χ3n) is 4.09. The number of rotatable bonds is 5. The van der Waals surface area contributed by atoms with Gasteiger partial charge in [-0.3, -0.25) is 4.79 Å². The smallest absolute Gasteiger partial charge is 0.375 e. The van der Waals surface area contributed by atoms with E-state index in [0.717, 1.165) is 5.39 Å². The van der Waals surface area contributed by atoms with Crippen LogP contribution >= 0.6 is 0 Å². The van der Waals surface area contributed by atoms with Crippen molar-refractivity contribution in [2.24, 2.45) is 0 Å². The molecule has 2 aromatic carbocycles. The van der Waals surface area contributed by atoms with Gasteiger partial charge >= 0.3 is 5.97 Å². The zero-order valence-corrected chi connectivity index (χ0v) is 15.0. The van der Waals surface area contributed by atoms with E-state index in [1.165, 1.54) is 31.2 Å². The van der Waals surface area contributed by atoms with E-state index in [1.807, 2.05) is 0 Å². The van der Waals surface area contributed by atoms with Gasteiger partial charge in [0, 0.05) is 16.6 Å². The zero-order valence-electron chi connectivity index (χ0n) is 15.0. The Balaban J connectivity index is 1.72. The Hall–Kier alpha value is -3.35. The summed E-state index contributed by atoms with van der Waals surface area (Å²) in [5, 5.41) is 3.28. The largest absolute Gasteiger partial charge is 0.497 e. The number of benzene rings is 2. The van der Waals surface area contributed by atoms with Crippen molar-refractivity contribution in [3.63, 3.8) is 0 Å². The maximum atomic E-state index is 12.9. The number of carbonyl (C=O) groups is 2. The van der Waals surface area contributed by atoms with E-state index in [-0.39, 0.29) is 5.76 Å². The van der Waals surface area contributed by atoms with Gasteiger partial charge in [0.05, 0.1) is 7.11 Å². The van der Waals surface area contributed by atoms with Gasteiger partial charge in [-0.05, 0) is 56.3 Å². The number of furan rings is 1. The second kappa shape index (κ2) is 7.49. The summed E-state index contributed by atoms with van der Waals surface area (Å²) in [6, 6.07) is 10.4. The van der Waals surface area contributed by atoms with Gasteiger partial charge in [0.15, 0.2) is 6.10 Å². The van der Waals surface area contributed by atoms with Crippen LogP contribution in [0.2, 0.25) is 0 Å². The van der Waals surface area contributed by atoms with E-state index >= 15 is 0 Å². The van der Waals surface area contributed by atoms with Gasteiger partial charge in [0.2, 0.25) is 5.76 Å². The maximum Gasteiger partial charge on any atom is 0.375 e. The number of ether oxygens (including phenoxy) is 2. The van der Waals surface area contributed by atoms with Crippen LogP contribution in [0.25, 0.3) is 11.0 Å². The number of hydrogen-bond donors (Lipinski definition) is 1. The molecule has 0 radical (unpaired) electrons. The molecule has 140 valence electrons. The van der Waals surface area contributed by atoms with E-state index in [4.69, 9.17) is 13.9 Å². The van der Waals surface area contributed by atoms with Crippen LogP contribution in [0.5, 0.6) is 5.75 Å². The lowest BCUT2D eigenvalue weighted by Crippen LogP contribution is -2.30. The lowest BCUT2D eigenvalue weighted by molar-refractivity contribution is -0.123. The minimum Gasteiger partial charge on any atom is -0.497 e. The number of carbonyl (C=O) groups excluding carboxylic acids is 2. The molecule has 3 aromatic rings. The number of halogens is 1.